The van der Waals surface area contributed by atoms with Crippen molar-refractivity contribution in [3.8, 4) is 5.75 Å². The lowest BCUT2D eigenvalue weighted by Crippen LogP contribution is -2.18. The Labute approximate surface area is 200 Å². The van der Waals surface area contributed by atoms with E-state index in [1.165, 1.54) is 27.6 Å². The summed E-state index contributed by atoms with van der Waals surface area (Å²) in [6.45, 7) is 13.2. The van der Waals surface area contributed by atoms with Gasteiger partial charge < -0.3 is 15.9 Å². The summed E-state index contributed by atoms with van der Waals surface area (Å²) in [7, 11) is 0. The van der Waals surface area contributed by atoms with Gasteiger partial charge in [-0.3, -0.25) is 4.79 Å². The van der Waals surface area contributed by atoms with Crippen LogP contribution < -0.4 is 15.9 Å². The summed E-state index contributed by atoms with van der Waals surface area (Å²) in [6.07, 6.45) is 0. The molecule has 0 radical (unpaired) electrons. The fourth-order valence-corrected chi connectivity index (χ4v) is 3.76. The highest BCUT2D eigenvalue weighted by Crippen LogP contribution is 2.25. The largest absolute Gasteiger partial charge is 0.486 e. The van der Waals surface area contributed by atoms with E-state index in [9.17, 15) is 4.79 Å². The van der Waals surface area contributed by atoms with Crippen LogP contribution in [0.25, 0.3) is 0 Å². The van der Waals surface area contributed by atoms with Crippen LogP contribution in [0, 0.1) is 0 Å². The molecule has 0 bridgehead atoms. The third-order valence-corrected chi connectivity index (χ3v) is 6.13. The molecular weight excluding hydrogens is 434 g/mol. The standard InChI is InChI=1S/C25H33N5O2S/c1-24(2,3)17-7-11-19(12-8-17)27-22(31)16-33-23-29-28-21(30(23)26)15-32-20-13-9-18(10-14-20)25(4,5)6/h7-14H,15-16,26H2,1-6H3,(H,27,31). The summed E-state index contributed by atoms with van der Waals surface area (Å²) >= 11 is 1.23. The third kappa shape index (κ3) is 6.74. The van der Waals surface area contributed by atoms with Gasteiger partial charge in [0, 0.05) is 5.69 Å². The van der Waals surface area contributed by atoms with Crippen molar-refractivity contribution in [3.05, 3.63) is 65.5 Å². The van der Waals surface area contributed by atoms with E-state index in [1.54, 1.807) is 0 Å². The van der Waals surface area contributed by atoms with Gasteiger partial charge in [0.1, 0.15) is 12.4 Å². The maximum Gasteiger partial charge on any atom is 0.234 e. The lowest BCUT2D eigenvalue weighted by atomic mass is 9.87. The number of benzene rings is 2. The molecule has 3 N–H and O–H groups in total. The number of nitrogen functional groups attached to an aromatic ring is 1. The van der Waals surface area contributed by atoms with Gasteiger partial charge in [0.15, 0.2) is 5.82 Å². The molecule has 0 unspecified atom stereocenters. The molecule has 33 heavy (non-hydrogen) atoms. The van der Waals surface area contributed by atoms with Crippen molar-refractivity contribution < 1.29 is 9.53 Å². The molecule has 7 nitrogen and oxygen atoms in total. The van der Waals surface area contributed by atoms with Gasteiger partial charge in [-0.05, 0) is 46.2 Å². The lowest BCUT2D eigenvalue weighted by molar-refractivity contribution is -0.113. The highest BCUT2D eigenvalue weighted by molar-refractivity contribution is 7.99. The number of thioether (sulfide) groups is 1. The van der Waals surface area contributed by atoms with Gasteiger partial charge in [-0.15, -0.1) is 10.2 Å². The predicted molar refractivity (Wildman–Crippen MR) is 134 cm³/mol. The first kappa shape index (κ1) is 24.6. The van der Waals surface area contributed by atoms with Crippen LogP contribution in [-0.4, -0.2) is 26.5 Å². The number of carbonyl (C=O) groups excluding carboxylic acids is 1. The summed E-state index contributed by atoms with van der Waals surface area (Å²) < 4.78 is 7.16. The van der Waals surface area contributed by atoms with Crippen LogP contribution in [0.2, 0.25) is 0 Å². The first-order valence-electron chi connectivity index (χ1n) is 10.9. The zero-order valence-corrected chi connectivity index (χ0v) is 21.0. The van der Waals surface area contributed by atoms with Crippen LogP contribution in [0.1, 0.15) is 58.5 Å². The maximum absolute atomic E-state index is 12.3. The molecular formula is C25H33N5O2S. The number of hydrogen-bond acceptors (Lipinski definition) is 6. The SMILES string of the molecule is CC(C)(C)c1ccc(NC(=O)CSc2nnc(COc3ccc(C(C)(C)C)cc3)n2N)cc1. The van der Waals surface area contributed by atoms with Gasteiger partial charge >= 0.3 is 0 Å². The second-order valence-corrected chi connectivity index (χ2v) is 10.9. The van der Waals surface area contributed by atoms with Crippen molar-refractivity contribution in [2.75, 3.05) is 16.9 Å². The summed E-state index contributed by atoms with van der Waals surface area (Å²) in [5.74, 6) is 7.36. The Morgan fingerprint density at radius 2 is 1.48 bits per heavy atom. The predicted octanol–water partition coefficient (Wildman–Crippen LogP) is 4.90. The van der Waals surface area contributed by atoms with E-state index < -0.39 is 0 Å². The van der Waals surface area contributed by atoms with Crippen LogP contribution in [0.4, 0.5) is 5.69 Å². The van der Waals surface area contributed by atoms with Crippen LogP contribution >= 0.6 is 11.8 Å². The Morgan fingerprint density at radius 1 is 0.939 bits per heavy atom. The van der Waals surface area contributed by atoms with Crippen molar-refractivity contribution in [3.63, 3.8) is 0 Å². The number of hydrogen-bond donors (Lipinski definition) is 2. The average Bonchev–Trinajstić information content (AvgIpc) is 3.09. The molecule has 1 amide bonds. The number of carbonyl (C=O) groups is 1. The molecule has 8 heteroatoms. The molecule has 0 fully saturated rings. The monoisotopic (exact) mass is 467 g/mol. The molecule has 176 valence electrons. The van der Waals surface area contributed by atoms with E-state index in [2.05, 4.69) is 69.2 Å². The number of aromatic nitrogens is 3. The second kappa shape index (κ2) is 9.87. The van der Waals surface area contributed by atoms with E-state index in [0.717, 1.165) is 11.4 Å². The number of anilines is 1. The highest BCUT2D eigenvalue weighted by atomic mass is 32.2. The molecule has 3 rings (SSSR count). The Bertz CT molecular complexity index is 1080. The van der Waals surface area contributed by atoms with Crippen molar-refractivity contribution >= 4 is 23.4 Å². The first-order valence-corrected chi connectivity index (χ1v) is 11.9. The minimum atomic E-state index is -0.136. The molecule has 1 aromatic heterocycles. The van der Waals surface area contributed by atoms with E-state index >= 15 is 0 Å². The average molecular weight is 468 g/mol. The molecule has 0 atom stereocenters. The summed E-state index contributed by atoms with van der Waals surface area (Å²) in [6, 6.07) is 15.9. The van der Waals surface area contributed by atoms with Crippen LogP contribution in [-0.2, 0) is 22.2 Å². The maximum atomic E-state index is 12.3. The lowest BCUT2D eigenvalue weighted by Gasteiger charge is -2.19. The van der Waals surface area contributed by atoms with Gasteiger partial charge in [0.2, 0.25) is 11.1 Å². The van der Waals surface area contributed by atoms with Gasteiger partial charge in [-0.2, -0.15) is 0 Å². The van der Waals surface area contributed by atoms with Crippen LogP contribution in [0.15, 0.2) is 53.7 Å². The quantitative estimate of drug-likeness (QED) is 0.379. The topological polar surface area (TPSA) is 95.1 Å². The summed E-state index contributed by atoms with van der Waals surface area (Å²) in [5.41, 5.74) is 3.37. The van der Waals surface area contributed by atoms with E-state index in [-0.39, 0.29) is 29.1 Å². The Kier molecular flexibility index (Phi) is 7.37. The van der Waals surface area contributed by atoms with Crippen LogP contribution in [0.3, 0.4) is 0 Å². The number of nitrogens with one attached hydrogen (secondary N) is 1. The van der Waals surface area contributed by atoms with Crippen molar-refractivity contribution in [2.45, 2.75) is 64.1 Å². The second-order valence-electron chi connectivity index (χ2n) is 10.00. The number of nitrogens with two attached hydrogens (primary N) is 1. The minimum absolute atomic E-state index is 0.0703. The van der Waals surface area contributed by atoms with Crippen molar-refractivity contribution in [1.29, 1.82) is 0 Å². The minimum Gasteiger partial charge on any atom is -0.486 e. The van der Waals surface area contributed by atoms with E-state index in [4.69, 9.17) is 10.6 Å². The molecule has 0 aliphatic rings. The van der Waals surface area contributed by atoms with Gasteiger partial charge in [0.25, 0.3) is 0 Å². The van der Waals surface area contributed by atoms with Gasteiger partial charge in [-0.1, -0.05) is 77.6 Å². The fraction of sp³-hybridized carbons (Fsp3) is 0.400. The third-order valence-electron chi connectivity index (χ3n) is 5.19. The van der Waals surface area contributed by atoms with Crippen LogP contribution in [0.5, 0.6) is 5.75 Å². The van der Waals surface area contributed by atoms with Crippen molar-refractivity contribution in [2.24, 2.45) is 0 Å². The number of nitrogens with zero attached hydrogens (tertiary/aromatic N) is 3. The Morgan fingerprint density at radius 3 is 2.03 bits per heavy atom. The number of ether oxygens (including phenoxy) is 1. The Hall–Kier alpha value is -3.00. The van der Waals surface area contributed by atoms with Crippen molar-refractivity contribution in [1.82, 2.24) is 14.9 Å². The summed E-state index contributed by atoms with van der Waals surface area (Å²) in [5, 5.41) is 11.5. The molecule has 2 aromatic carbocycles. The molecule has 1 heterocycles. The zero-order valence-electron chi connectivity index (χ0n) is 20.2. The fourth-order valence-electron chi connectivity index (χ4n) is 3.08. The van der Waals surface area contributed by atoms with Gasteiger partial charge in [-0.25, -0.2) is 4.68 Å². The number of rotatable bonds is 7. The molecule has 0 saturated carbocycles. The van der Waals surface area contributed by atoms with E-state index in [0.29, 0.717) is 11.0 Å². The molecule has 3 aromatic rings. The summed E-state index contributed by atoms with van der Waals surface area (Å²) in [4.78, 5) is 12.3. The smallest absolute Gasteiger partial charge is 0.234 e. The molecule has 0 saturated heterocycles. The highest BCUT2D eigenvalue weighted by Gasteiger charge is 2.16. The Balaban J connectivity index is 1.51. The first-order chi connectivity index (χ1) is 15.4. The van der Waals surface area contributed by atoms with E-state index in [1.807, 2.05) is 36.4 Å². The molecule has 0 aliphatic carbocycles. The van der Waals surface area contributed by atoms with Gasteiger partial charge in [0.05, 0.1) is 5.75 Å². The number of amides is 1. The zero-order chi connectivity index (χ0) is 24.2. The normalized spacial score (nSPS) is 11.9. The molecule has 0 aliphatic heterocycles. The molecule has 0 spiro atoms.